The minimum atomic E-state index is -1.11. The summed E-state index contributed by atoms with van der Waals surface area (Å²) in [6.07, 6.45) is 0. The molecular weight excluding hydrogens is 326 g/mol. The van der Waals surface area contributed by atoms with Crippen LogP contribution in [0.25, 0.3) is 0 Å². The van der Waals surface area contributed by atoms with Crippen LogP contribution in [-0.4, -0.2) is 46.4 Å². The Balaban J connectivity index is 0.000000428. The lowest BCUT2D eigenvalue weighted by molar-refractivity contribution is -0.0758. The third kappa shape index (κ3) is 6.92. The normalized spacial score (nSPS) is 9.48. The maximum absolute atomic E-state index is 11.4. The van der Waals surface area contributed by atoms with Gasteiger partial charge in [-0.3, -0.25) is 9.63 Å². The van der Waals surface area contributed by atoms with E-state index in [1.54, 1.807) is 31.2 Å². The van der Waals surface area contributed by atoms with Gasteiger partial charge in [-0.1, -0.05) is 38.1 Å². The fourth-order valence-corrected chi connectivity index (χ4v) is 1.56. The number of carbonyl (C=O) groups excluding carboxylic acids is 1. The summed E-state index contributed by atoms with van der Waals surface area (Å²) in [5.41, 5.74) is 0.161. The third-order valence-corrected chi connectivity index (χ3v) is 2.83. The zero-order chi connectivity index (χ0) is 20.1. The van der Waals surface area contributed by atoms with E-state index in [1.807, 2.05) is 0 Å². The number of carboxylic acids is 1. The van der Waals surface area contributed by atoms with Gasteiger partial charge in [0.25, 0.3) is 5.91 Å². The van der Waals surface area contributed by atoms with Gasteiger partial charge in [0.05, 0.1) is 12.7 Å². The largest absolute Gasteiger partial charge is 0.507 e. The summed E-state index contributed by atoms with van der Waals surface area (Å²) in [6, 6.07) is 12.1. The molecular formula is C18H23NO6. The lowest BCUT2D eigenvalue weighted by Crippen LogP contribution is -2.25. The first-order valence-corrected chi connectivity index (χ1v) is 7.20. The number of carbonyl (C=O) groups is 2. The van der Waals surface area contributed by atoms with Crippen LogP contribution in [0.1, 0.15) is 35.9 Å². The van der Waals surface area contributed by atoms with Gasteiger partial charge in [-0.25, -0.2) is 9.86 Å². The van der Waals surface area contributed by atoms with E-state index in [0.717, 1.165) is 5.06 Å². The van der Waals surface area contributed by atoms with Gasteiger partial charge in [0.15, 0.2) is 0 Å². The van der Waals surface area contributed by atoms with Crippen LogP contribution < -0.4 is 0 Å². The topological polar surface area (TPSA) is 107 Å². The SMILES string of the molecule is CON(C)C(=O)c1ccccc1O.O=C(O)c1ccccc1O.[2H]CC. The van der Waals surface area contributed by atoms with Gasteiger partial charge in [0.2, 0.25) is 0 Å². The number of hydrogen-bond donors (Lipinski definition) is 3. The molecule has 25 heavy (non-hydrogen) atoms. The van der Waals surface area contributed by atoms with Crippen molar-refractivity contribution >= 4 is 11.9 Å². The van der Waals surface area contributed by atoms with E-state index in [2.05, 4.69) is 0 Å². The summed E-state index contributed by atoms with van der Waals surface area (Å²) < 4.78 is 6.21. The van der Waals surface area contributed by atoms with Gasteiger partial charge in [0, 0.05) is 8.42 Å². The molecule has 0 aliphatic rings. The predicted octanol–water partition coefficient (Wildman–Crippen LogP) is 3.14. The van der Waals surface area contributed by atoms with E-state index in [9.17, 15) is 14.7 Å². The standard InChI is InChI=1S/C9H11NO3.C7H6O3.C2H6/c1-10(13-2)9(12)7-5-3-4-6-8(7)11;8-6-4-2-1-3-5(6)7(9)10;1-2/h3-6,11H,1-2H3;1-4,8H,(H,9,10);1-2H3/i;;1D. The average molecular weight is 350 g/mol. The Morgan fingerprint density at radius 2 is 1.40 bits per heavy atom. The number of phenolic OH excluding ortho intramolecular Hbond substituents is 1. The van der Waals surface area contributed by atoms with Crippen LogP contribution in [0.3, 0.4) is 0 Å². The van der Waals surface area contributed by atoms with Gasteiger partial charge in [-0.2, -0.15) is 0 Å². The molecule has 136 valence electrons. The molecule has 0 saturated carbocycles. The molecule has 0 heterocycles. The fourth-order valence-electron chi connectivity index (χ4n) is 1.56. The molecule has 0 unspecified atom stereocenters. The smallest absolute Gasteiger partial charge is 0.339 e. The van der Waals surface area contributed by atoms with Crippen LogP contribution in [0, 0.1) is 0 Å². The molecule has 2 aromatic carbocycles. The van der Waals surface area contributed by atoms with E-state index in [-0.39, 0.29) is 28.5 Å². The molecule has 0 radical (unpaired) electrons. The summed E-state index contributed by atoms with van der Waals surface area (Å²) in [5.74, 6) is -1.73. The monoisotopic (exact) mass is 350 g/mol. The number of aromatic hydroxyl groups is 2. The van der Waals surface area contributed by atoms with Crippen molar-refractivity contribution in [2.75, 3.05) is 14.2 Å². The Kier molecular flexibility index (Phi) is 9.17. The van der Waals surface area contributed by atoms with Crippen LogP contribution in [0.15, 0.2) is 48.5 Å². The van der Waals surface area contributed by atoms with Crippen molar-refractivity contribution in [3.05, 3.63) is 59.7 Å². The molecule has 1 amide bonds. The van der Waals surface area contributed by atoms with Crippen molar-refractivity contribution < 1.29 is 31.1 Å². The van der Waals surface area contributed by atoms with E-state index in [0.29, 0.717) is 6.90 Å². The van der Waals surface area contributed by atoms with Crippen molar-refractivity contribution in [3.63, 3.8) is 0 Å². The molecule has 2 aromatic rings. The summed E-state index contributed by atoms with van der Waals surface area (Å²) in [4.78, 5) is 26.4. The highest BCUT2D eigenvalue weighted by Gasteiger charge is 2.14. The van der Waals surface area contributed by atoms with E-state index in [4.69, 9.17) is 16.4 Å². The molecule has 0 saturated heterocycles. The number of phenols is 2. The second-order valence-corrected chi connectivity index (χ2v) is 4.32. The highest BCUT2D eigenvalue weighted by atomic mass is 16.7. The van der Waals surface area contributed by atoms with Gasteiger partial charge < -0.3 is 15.3 Å². The lowest BCUT2D eigenvalue weighted by atomic mass is 10.2. The molecule has 0 atom stereocenters. The zero-order valence-electron chi connectivity index (χ0n) is 15.3. The first-order chi connectivity index (χ1) is 12.3. The maximum Gasteiger partial charge on any atom is 0.339 e. The van der Waals surface area contributed by atoms with E-state index in [1.165, 1.54) is 38.4 Å². The summed E-state index contributed by atoms with van der Waals surface area (Å²) in [7, 11) is 2.87. The van der Waals surface area contributed by atoms with Crippen LogP contribution >= 0.6 is 0 Å². The van der Waals surface area contributed by atoms with Gasteiger partial charge in [-0.05, 0) is 24.3 Å². The summed E-state index contributed by atoms with van der Waals surface area (Å²) in [5, 5.41) is 27.7. The van der Waals surface area contributed by atoms with Crippen molar-refractivity contribution in [3.8, 4) is 11.5 Å². The average Bonchev–Trinajstić information content (AvgIpc) is 2.62. The Morgan fingerprint density at radius 1 is 1.00 bits per heavy atom. The predicted molar refractivity (Wildman–Crippen MR) is 93.6 cm³/mol. The van der Waals surface area contributed by atoms with Crippen LogP contribution in [-0.2, 0) is 4.84 Å². The number of nitrogens with zero attached hydrogens (tertiary/aromatic N) is 1. The number of rotatable bonds is 3. The highest BCUT2D eigenvalue weighted by molar-refractivity contribution is 5.95. The minimum Gasteiger partial charge on any atom is -0.507 e. The third-order valence-electron chi connectivity index (χ3n) is 2.83. The molecule has 0 spiro atoms. The summed E-state index contributed by atoms with van der Waals surface area (Å²) in [6.45, 7) is 2.29. The zero-order valence-corrected chi connectivity index (χ0v) is 14.3. The molecule has 0 aromatic heterocycles. The van der Waals surface area contributed by atoms with Gasteiger partial charge in [-0.15, -0.1) is 0 Å². The Bertz CT molecular complexity index is 708. The highest BCUT2D eigenvalue weighted by Crippen LogP contribution is 2.17. The molecule has 0 bridgehead atoms. The van der Waals surface area contributed by atoms with E-state index >= 15 is 0 Å². The number of hydrogen-bond acceptors (Lipinski definition) is 5. The van der Waals surface area contributed by atoms with Gasteiger partial charge in [0.1, 0.15) is 17.1 Å². The van der Waals surface area contributed by atoms with Crippen molar-refractivity contribution in [1.82, 2.24) is 5.06 Å². The molecule has 7 heteroatoms. The molecule has 0 fully saturated rings. The van der Waals surface area contributed by atoms with Crippen molar-refractivity contribution in [2.24, 2.45) is 0 Å². The van der Waals surface area contributed by atoms with Crippen LogP contribution in [0.4, 0.5) is 0 Å². The second kappa shape index (κ2) is 11.5. The maximum atomic E-state index is 11.4. The van der Waals surface area contributed by atoms with Crippen LogP contribution in [0.2, 0.25) is 0 Å². The molecule has 0 aliphatic heterocycles. The lowest BCUT2D eigenvalue weighted by Gasteiger charge is -2.13. The quantitative estimate of drug-likeness (QED) is 0.734. The first-order valence-electron chi connectivity index (χ1n) is 7.91. The van der Waals surface area contributed by atoms with Gasteiger partial charge >= 0.3 is 5.97 Å². The van der Waals surface area contributed by atoms with Crippen LogP contribution in [0.5, 0.6) is 11.5 Å². The number of para-hydroxylation sites is 2. The molecule has 2 rings (SSSR count). The number of aromatic carboxylic acids is 1. The Hall–Kier alpha value is -3.06. The van der Waals surface area contributed by atoms with Crippen molar-refractivity contribution in [1.29, 1.82) is 0 Å². The fraction of sp³-hybridized carbons (Fsp3) is 0.222. The first kappa shape index (κ1) is 20.0. The van der Waals surface area contributed by atoms with Crippen molar-refractivity contribution in [2.45, 2.75) is 13.8 Å². The number of amides is 1. The number of hydroxylamine groups is 2. The number of carboxylic acid groups (broad SMARTS) is 1. The van der Waals surface area contributed by atoms with E-state index < -0.39 is 5.97 Å². The molecule has 3 N–H and O–H groups in total. The number of benzene rings is 2. The molecule has 0 aliphatic carbocycles. The Labute approximate surface area is 148 Å². The summed E-state index contributed by atoms with van der Waals surface area (Å²) >= 11 is 0. The molecule has 7 nitrogen and oxygen atoms in total. The second-order valence-electron chi connectivity index (χ2n) is 4.32. The Morgan fingerprint density at radius 3 is 1.72 bits per heavy atom. The minimum absolute atomic E-state index is 0.0450.